The number of anilines is 3. The Morgan fingerprint density at radius 2 is 1.86 bits per heavy atom. The van der Waals surface area contributed by atoms with E-state index in [1.165, 1.54) is 11.8 Å². The third-order valence-corrected chi connectivity index (χ3v) is 8.98. The molecule has 1 aliphatic rings. The third-order valence-electron chi connectivity index (χ3n) is 6.53. The van der Waals surface area contributed by atoms with Crippen molar-refractivity contribution in [2.75, 3.05) is 29.2 Å². The monoisotopic (exact) mass is 534 g/mol. The number of thioether (sulfide) groups is 1. The molecule has 3 rings (SSSR count). The molecule has 6 nitrogen and oxygen atoms in total. The first kappa shape index (κ1) is 28.1. The maximum absolute atomic E-state index is 13.9. The number of hydrogen-bond donors (Lipinski definition) is 2. The number of carbonyl (C=O) groups is 1. The molecule has 1 unspecified atom stereocenters. The number of nitrogen functional groups attached to an aromatic ring is 1. The van der Waals surface area contributed by atoms with E-state index in [0.717, 1.165) is 56.4 Å². The molecule has 3 N–H and O–H groups in total. The number of unbranched alkanes of at least 4 members (excludes halogenated alkanes) is 2. The molecule has 2 aromatic rings. The van der Waals surface area contributed by atoms with Gasteiger partial charge in [0.1, 0.15) is 12.0 Å². The average molecular weight is 535 g/mol. The number of benzene rings is 2. The molecule has 0 fully saturated rings. The van der Waals surface area contributed by atoms with Crippen LogP contribution in [0.15, 0.2) is 58.3 Å². The van der Waals surface area contributed by atoms with Crippen molar-refractivity contribution in [1.82, 2.24) is 0 Å². The molecule has 0 amide bonds. The highest BCUT2D eigenvalue weighted by atomic mass is 32.2. The minimum Gasteiger partial charge on any atom is -0.476 e. The lowest BCUT2D eigenvalue weighted by Gasteiger charge is -2.37. The van der Waals surface area contributed by atoms with Crippen LogP contribution in [-0.4, -0.2) is 33.8 Å². The van der Waals surface area contributed by atoms with Crippen molar-refractivity contribution >= 4 is 45.6 Å². The summed E-state index contributed by atoms with van der Waals surface area (Å²) >= 11 is 1.39. The Hall–Kier alpha value is -2.52. The Bertz CT molecular complexity index is 1110. The largest absolute Gasteiger partial charge is 0.476 e. The van der Waals surface area contributed by atoms with Crippen LogP contribution < -0.4 is 15.4 Å². The minimum absolute atomic E-state index is 0.146. The van der Waals surface area contributed by atoms with Gasteiger partial charge >= 0.3 is 5.97 Å². The molecule has 9 heteroatoms. The second-order valence-corrected chi connectivity index (χ2v) is 11.5. The Kier molecular flexibility index (Phi) is 9.84. The smallest absolute Gasteiger partial charge is 0.368 e. The number of carboxylic acid groups (broad SMARTS) is 1. The van der Waals surface area contributed by atoms with E-state index < -0.39 is 22.6 Å². The van der Waals surface area contributed by atoms with Crippen LogP contribution >= 0.6 is 11.8 Å². The Balaban J connectivity index is 2.18. The molecular weight excluding hydrogens is 499 g/mol. The summed E-state index contributed by atoms with van der Waals surface area (Å²) in [6, 6.07) is 11.3. The number of hydrogen-bond acceptors (Lipinski definition) is 6. The Labute approximate surface area is 219 Å². The highest BCUT2D eigenvalue weighted by molar-refractivity contribution is 7.98. The second-order valence-electron chi connectivity index (χ2n) is 9.23. The van der Waals surface area contributed by atoms with Crippen LogP contribution in [0.4, 0.5) is 21.5 Å². The molecule has 0 saturated heterocycles. The van der Waals surface area contributed by atoms with Crippen molar-refractivity contribution in [3.05, 3.63) is 48.5 Å². The van der Waals surface area contributed by atoms with E-state index in [1.807, 2.05) is 36.6 Å². The summed E-state index contributed by atoms with van der Waals surface area (Å²) in [5.41, 5.74) is 8.26. The molecule has 36 heavy (non-hydrogen) atoms. The summed E-state index contributed by atoms with van der Waals surface area (Å²) in [7, 11) is -1.34. The van der Waals surface area contributed by atoms with Crippen molar-refractivity contribution in [2.24, 2.45) is 5.41 Å². The molecule has 2 aromatic carbocycles. The average Bonchev–Trinajstić information content (AvgIpc) is 2.99. The van der Waals surface area contributed by atoms with E-state index in [4.69, 9.17) is 15.6 Å². The summed E-state index contributed by atoms with van der Waals surface area (Å²) in [6.45, 7) is 5.06. The van der Waals surface area contributed by atoms with Crippen molar-refractivity contribution in [3.8, 4) is 5.75 Å². The van der Waals surface area contributed by atoms with E-state index in [1.54, 1.807) is 6.07 Å². The SMILES string of the molecule is CCCCC1(CCCC)CN(c2ccc(N)cc2)c2cc(SC)c(O/C=C(\F)C(=O)O)cc2S(=O)C1. The van der Waals surface area contributed by atoms with Gasteiger partial charge in [0.25, 0.3) is 0 Å². The number of aliphatic carboxylic acids is 1. The number of halogens is 1. The quantitative estimate of drug-likeness (QED) is 0.140. The van der Waals surface area contributed by atoms with E-state index in [-0.39, 0.29) is 11.2 Å². The van der Waals surface area contributed by atoms with Gasteiger partial charge < -0.3 is 20.5 Å². The van der Waals surface area contributed by atoms with Crippen LogP contribution in [0.3, 0.4) is 0 Å². The van der Waals surface area contributed by atoms with Gasteiger partial charge in [-0.25, -0.2) is 4.79 Å². The molecule has 1 atom stereocenters. The van der Waals surface area contributed by atoms with Crippen LogP contribution in [0, 0.1) is 5.41 Å². The van der Waals surface area contributed by atoms with Crippen molar-refractivity contribution in [3.63, 3.8) is 0 Å². The van der Waals surface area contributed by atoms with Gasteiger partial charge in [-0.3, -0.25) is 4.21 Å². The summed E-state index contributed by atoms with van der Waals surface area (Å²) in [6.07, 6.45) is 8.61. The van der Waals surface area contributed by atoms with Gasteiger partial charge in [0.15, 0.2) is 0 Å². The van der Waals surface area contributed by atoms with Gasteiger partial charge in [-0.1, -0.05) is 39.5 Å². The van der Waals surface area contributed by atoms with Gasteiger partial charge in [0.05, 0.1) is 26.3 Å². The molecule has 0 spiro atoms. The van der Waals surface area contributed by atoms with Gasteiger partial charge in [0.2, 0.25) is 5.83 Å². The topological polar surface area (TPSA) is 92.9 Å². The Morgan fingerprint density at radius 3 is 2.42 bits per heavy atom. The molecule has 196 valence electrons. The maximum Gasteiger partial charge on any atom is 0.368 e. The summed E-state index contributed by atoms with van der Waals surface area (Å²) in [4.78, 5) is 14.4. The van der Waals surface area contributed by atoms with Gasteiger partial charge in [-0.05, 0) is 49.4 Å². The molecule has 0 bridgehead atoms. The lowest BCUT2D eigenvalue weighted by Crippen LogP contribution is -2.37. The zero-order valence-corrected chi connectivity index (χ0v) is 22.7. The predicted octanol–water partition coefficient (Wildman–Crippen LogP) is 6.89. The number of ether oxygens (including phenoxy) is 1. The number of rotatable bonds is 11. The predicted molar refractivity (Wildman–Crippen MR) is 146 cm³/mol. The van der Waals surface area contributed by atoms with Crippen LogP contribution in [0.25, 0.3) is 0 Å². The normalized spacial score (nSPS) is 17.4. The zero-order valence-electron chi connectivity index (χ0n) is 21.1. The standard InChI is InChI=1S/C27H35FN2O4S2/c1-4-6-12-27(13-7-5-2)17-30(20-10-8-19(29)9-11-20)22-14-24(35-3)23(15-25(22)36(33)18-27)34-16-21(28)26(31)32/h8-11,14-16H,4-7,12-13,17-18,29H2,1-3H3,(H,31,32)/b21-16-. The first-order valence-corrected chi connectivity index (χ1v) is 14.8. The first-order chi connectivity index (χ1) is 17.2. The third kappa shape index (κ3) is 6.62. The van der Waals surface area contributed by atoms with Crippen LogP contribution in [-0.2, 0) is 15.6 Å². The van der Waals surface area contributed by atoms with Gasteiger partial charge in [-0.2, -0.15) is 4.39 Å². The van der Waals surface area contributed by atoms with Crippen LogP contribution in [0.1, 0.15) is 52.4 Å². The van der Waals surface area contributed by atoms with Crippen molar-refractivity contribution < 1.29 is 23.2 Å². The highest BCUT2D eigenvalue weighted by Gasteiger charge is 2.39. The fourth-order valence-electron chi connectivity index (χ4n) is 4.58. The Morgan fingerprint density at radius 1 is 1.22 bits per heavy atom. The lowest BCUT2D eigenvalue weighted by molar-refractivity contribution is -0.134. The van der Waals surface area contributed by atoms with Crippen molar-refractivity contribution in [1.29, 1.82) is 0 Å². The summed E-state index contributed by atoms with van der Waals surface area (Å²) in [5, 5.41) is 8.84. The molecule has 0 radical (unpaired) electrons. The van der Waals surface area contributed by atoms with E-state index in [0.29, 0.717) is 27.5 Å². The van der Waals surface area contributed by atoms with E-state index >= 15 is 0 Å². The molecule has 0 aromatic heterocycles. The number of nitrogens with zero attached hydrogens (tertiary/aromatic N) is 1. The minimum atomic E-state index is -1.70. The fraction of sp³-hybridized carbons (Fsp3) is 0.444. The molecule has 0 saturated carbocycles. The van der Waals surface area contributed by atoms with Gasteiger partial charge in [-0.15, -0.1) is 11.8 Å². The first-order valence-electron chi connectivity index (χ1n) is 12.2. The lowest BCUT2D eigenvalue weighted by atomic mass is 9.79. The number of fused-ring (bicyclic) bond motifs is 1. The number of nitrogens with two attached hydrogens (primary N) is 1. The van der Waals surface area contributed by atoms with E-state index in [2.05, 4.69) is 18.7 Å². The number of carboxylic acids is 1. The maximum atomic E-state index is 13.9. The second kappa shape index (κ2) is 12.6. The van der Waals surface area contributed by atoms with Crippen LogP contribution in [0.5, 0.6) is 5.75 Å². The molecule has 0 aliphatic carbocycles. The van der Waals surface area contributed by atoms with Gasteiger partial charge in [0, 0.05) is 35.2 Å². The molecule has 1 heterocycles. The van der Waals surface area contributed by atoms with Crippen molar-refractivity contribution in [2.45, 2.75) is 62.2 Å². The zero-order chi connectivity index (χ0) is 26.3. The van der Waals surface area contributed by atoms with E-state index in [9.17, 15) is 13.4 Å². The fourth-order valence-corrected chi connectivity index (χ4v) is 6.85. The summed E-state index contributed by atoms with van der Waals surface area (Å²) in [5.74, 6) is -2.31. The highest BCUT2D eigenvalue weighted by Crippen LogP contribution is 2.46. The summed E-state index contributed by atoms with van der Waals surface area (Å²) < 4.78 is 33.0. The molecule has 1 aliphatic heterocycles. The van der Waals surface area contributed by atoms with Crippen LogP contribution in [0.2, 0.25) is 0 Å². The molecular formula is C27H35FN2O4S2.